The summed E-state index contributed by atoms with van der Waals surface area (Å²) in [6.45, 7) is 6.66. The van der Waals surface area contributed by atoms with Gasteiger partial charge in [-0.15, -0.1) is 0 Å². The minimum absolute atomic E-state index is 1.11. The summed E-state index contributed by atoms with van der Waals surface area (Å²) in [5.74, 6) is 0. The Morgan fingerprint density at radius 1 is 1.05 bits per heavy atom. The number of aryl methyl sites for hydroxylation is 2. The molecule has 0 radical (unpaired) electrons. The average molecular weight is 290 g/mol. The van der Waals surface area contributed by atoms with Gasteiger partial charge < -0.3 is 17.3 Å². The highest BCUT2D eigenvalue weighted by Gasteiger charge is 2.20. The van der Waals surface area contributed by atoms with Crippen LogP contribution in [0.15, 0.2) is 30.6 Å². The van der Waals surface area contributed by atoms with E-state index >= 15 is 0 Å². The molecule has 0 aliphatic heterocycles. The Balaban J connectivity index is 0.000000347. The van der Waals surface area contributed by atoms with E-state index in [1.54, 1.807) is 0 Å². The lowest BCUT2D eigenvalue weighted by Crippen LogP contribution is -2.31. The van der Waals surface area contributed by atoms with Gasteiger partial charge in [0, 0.05) is 0 Å². The second-order valence-electron chi connectivity index (χ2n) is 4.49. The van der Waals surface area contributed by atoms with Gasteiger partial charge in [-0.05, 0) is 25.0 Å². The van der Waals surface area contributed by atoms with E-state index in [1.165, 1.54) is 23.9 Å². The largest absolute Gasteiger partial charge is 0.673 e. The van der Waals surface area contributed by atoms with Gasteiger partial charge in [0.2, 0.25) is 6.33 Å². The minimum atomic E-state index is -6.00. The first-order valence-corrected chi connectivity index (χ1v) is 6.71. The van der Waals surface area contributed by atoms with Crippen LogP contribution in [0, 0.1) is 0 Å². The van der Waals surface area contributed by atoms with Crippen LogP contribution >= 0.6 is 0 Å². The molecule has 1 heterocycles. The first-order valence-electron chi connectivity index (χ1n) is 6.71. The van der Waals surface area contributed by atoms with E-state index in [1.807, 2.05) is 0 Å². The van der Waals surface area contributed by atoms with Crippen LogP contribution in [-0.4, -0.2) is 11.8 Å². The minimum Gasteiger partial charge on any atom is -0.418 e. The van der Waals surface area contributed by atoms with Crippen molar-refractivity contribution in [3.8, 4) is 0 Å². The zero-order valence-corrected chi connectivity index (χ0v) is 11.7. The van der Waals surface area contributed by atoms with E-state index in [4.69, 9.17) is 0 Å². The predicted octanol–water partition coefficient (Wildman–Crippen LogP) is 4.05. The number of rotatable bonds is 4. The maximum absolute atomic E-state index is 9.75. The lowest BCUT2D eigenvalue weighted by atomic mass is 10.3. The van der Waals surface area contributed by atoms with Gasteiger partial charge in [0.05, 0.1) is 13.1 Å². The molecule has 0 aliphatic rings. The van der Waals surface area contributed by atoms with Gasteiger partial charge in [0.15, 0.2) is 11.0 Å². The molecule has 2 nitrogen and oxygen atoms in total. The van der Waals surface area contributed by atoms with E-state index in [-0.39, 0.29) is 0 Å². The summed E-state index contributed by atoms with van der Waals surface area (Å²) in [6.07, 6.45) is 4.62. The quantitative estimate of drug-likeness (QED) is 0.456. The van der Waals surface area contributed by atoms with Gasteiger partial charge in [-0.2, -0.15) is 0 Å². The summed E-state index contributed by atoms with van der Waals surface area (Å²) in [5.41, 5.74) is 2.71. The zero-order chi connectivity index (χ0) is 15.2. The van der Waals surface area contributed by atoms with E-state index < -0.39 is 7.25 Å². The predicted molar refractivity (Wildman–Crippen MR) is 72.9 cm³/mol. The summed E-state index contributed by atoms with van der Waals surface area (Å²) in [6, 6.07) is 8.64. The molecule has 0 bridgehead atoms. The Bertz CT molecular complexity index is 491. The standard InChI is InChI=1S/C13H19N2.BF4/c1-3-9-14-11-15(10-4-2)13-8-6-5-7-12(13)14;2-1(3,4)5/h5-8,11H,3-4,9-10H2,1-2H3;/q+1;-1. The summed E-state index contributed by atoms with van der Waals surface area (Å²) in [7, 11) is -6.00. The number of para-hydroxylation sites is 2. The van der Waals surface area contributed by atoms with Crippen molar-refractivity contribution < 1.29 is 21.8 Å². The summed E-state index contributed by atoms with van der Waals surface area (Å²) in [5, 5.41) is 0. The van der Waals surface area contributed by atoms with Crippen molar-refractivity contribution in [2.24, 2.45) is 0 Å². The fourth-order valence-corrected chi connectivity index (χ4v) is 2.08. The molecule has 0 fully saturated rings. The molecular formula is C13H19BF4N2. The number of hydrogen-bond acceptors (Lipinski definition) is 0. The lowest BCUT2D eigenvalue weighted by Gasteiger charge is -1.94. The third-order valence-electron chi connectivity index (χ3n) is 2.71. The number of imidazole rings is 1. The highest BCUT2D eigenvalue weighted by molar-refractivity contribution is 6.50. The SMILES string of the molecule is CCCn1c[n+](CCC)c2ccccc21.F[B-](F)(F)F. The normalized spacial score (nSPS) is 11.3. The molecule has 7 heteroatoms. The molecule has 1 aromatic carbocycles. The number of halogens is 4. The molecule has 2 aromatic rings. The molecule has 1 aromatic heterocycles. The molecule has 0 spiro atoms. The van der Waals surface area contributed by atoms with Crippen molar-refractivity contribution in [1.82, 2.24) is 4.57 Å². The molecule has 0 atom stereocenters. The Labute approximate surface area is 116 Å². The van der Waals surface area contributed by atoms with Crippen LogP contribution in [0.4, 0.5) is 17.3 Å². The first kappa shape index (κ1) is 16.5. The molecular weight excluding hydrogens is 271 g/mol. The molecule has 0 unspecified atom stereocenters. The Hall–Kier alpha value is -1.53. The Kier molecular flexibility index (Phi) is 6.04. The second-order valence-corrected chi connectivity index (χ2v) is 4.49. The van der Waals surface area contributed by atoms with E-state index in [0.717, 1.165) is 13.1 Å². The van der Waals surface area contributed by atoms with E-state index in [9.17, 15) is 17.3 Å². The van der Waals surface area contributed by atoms with Gasteiger partial charge in [-0.25, -0.2) is 9.13 Å². The van der Waals surface area contributed by atoms with Crippen molar-refractivity contribution in [2.75, 3.05) is 0 Å². The van der Waals surface area contributed by atoms with Crippen molar-refractivity contribution in [3.63, 3.8) is 0 Å². The molecule has 0 aliphatic carbocycles. The van der Waals surface area contributed by atoms with Gasteiger partial charge in [0.1, 0.15) is 0 Å². The third-order valence-corrected chi connectivity index (χ3v) is 2.71. The Morgan fingerprint density at radius 2 is 1.65 bits per heavy atom. The fraction of sp³-hybridized carbons (Fsp3) is 0.462. The molecule has 2 rings (SSSR count). The van der Waals surface area contributed by atoms with Gasteiger partial charge in [0.25, 0.3) is 0 Å². The van der Waals surface area contributed by atoms with Crippen molar-refractivity contribution in [3.05, 3.63) is 30.6 Å². The van der Waals surface area contributed by atoms with Crippen LogP contribution in [0.2, 0.25) is 0 Å². The maximum Gasteiger partial charge on any atom is 0.673 e. The summed E-state index contributed by atoms with van der Waals surface area (Å²) >= 11 is 0. The third kappa shape index (κ3) is 5.23. The number of aromatic nitrogens is 2. The second kappa shape index (κ2) is 7.31. The summed E-state index contributed by atoms with van der Waals surface area (Å²) < 4.78 is 43.7. The van der Waals surface area contributed by atoms with Crippen molar-refractivity contribution in [1.29, 1.82) is 0 Å². The zero-order valence-electron chi connectivity index (χ0n) is 11.7. The first-order chi connectivity index (χ1) is 9.36. The number of benzene rings is 1. The summed E-state index contributed by atoms with van der Waals surface area (Å²) in [4.78, 5) is 0. The van der Waals surface area contributed by atoms with Crippen LogP contribution in [0.3, 0.4) is 0 Å². The number of fused-ring (bicyclic) bond motifs is 1. The van der Waals surface area contributed by atoms with Gasteiger partial charge >= 0.3 is 7.25 Å². The maximum atomic E-state index is 9.75. The molecule has 0 saturated carbocycles. The van der Waals surface area contributed by atoms with Crippen LogP contribution in [0.1, 0.15) is 26.7 Å². The van der Waals surface area contributed by atoms with Crippen LogP contribution < -0.4 is 4.57 Å². The van der Waals surface area contributed by atoms with Crippen LogP contribution in [0.25, 0.3) is 11.0 Å². The Morgan fingerprint density at radius 3 is 2.20 bits per heavy atom. The lowest BCUT2D eigenvalue weighted by molar-refractivity contribution is -0.672. The number of hydrogen-bond donors (Lipinski definition) is 0. The van der Waals surface area contributed by atoms with Crippen molar-refractivity contribution in [2.45, 2.75) is 39.8 Å². The highest BCUT2D eigenvalue weighted by atomic mass is 19.5. The fourth-order valence-electron chi connectivity index (χ4n) is 2.08. The highest BCUT2D eigenvalue weighted by Crippen LogP contribution is 2.11. The monoisotopic (exact) mass is 290 g/mol. The number of nitrogens with zero attached hydrogens (tertiary/aromatic N) is 2. The van der Waals surface area contributed by atoms with Crippen LogP contribution in [-0.2, 0) is 13.1 Å². The van der Waals surface area contributed by atoms with Crippen LogP contribution in [0.5, 0.6) is 0 Å². The molecule has 20 heavy (non-hydrogen) atoms. The van der Waals surface area contributed by atoms with Gasteiger partial charge in [-0.1, -0.05) is 26.0 Å². The molecule has 0 saturated heterocycles. The average Bonchev–Trinajstić information content (AvgIpc) is 2.68. The molecule has 0 amide bonds. The van der Waals surface area contributed by atoms with E-state index in [2.05, 4.69) is 53.6 Å². The molecule has 0 N–H and O–H groups in total. The van der Waals surface area contributed by atoms with Gasteiger partial charge in [-0.3, -0.25) is 0 Å². The van der Waals surface area contributed by atoms with E-state index in [0.29, 0.717) is 0 Å². The topological polar surface area (TPSA) is 8.81 Å². The smallest absolute Gasteiger partial charge is 0.418 e. The van der Waals surface area contributed by atoms with Crippen molar-refractivity contribution >= 4 is 18.3 Å². The molecule has 112 valence electrons.